The summed E-state index contributed by atoms with van der Waals surface area (Å²) < 4.78 is 40.3. The maximum Gasteiger partial charge on any atom is 0.391 e. The number of aromatic nitrogens is 2. The molecule has 0 bridgehead atoms. The van der Waals surface area contributed by atoms with Crippen LogP contribution in [0.4, 0.5) is 13.2 Å². The number of hydrogen-bond acceptors (Lipinski definition) is 3. The minimum Gasteiger partial charge on any atom is -0.353 e. The van der Waals surface area contributed by atoms with E-state index in [4.69, 9.17) is 5.26 Å². The number of nitriles is 1. The van der Waals surface area contributed by atoms with E-state index in [0.29, 0.717) is 32.2 Å². The lowest BCUT2D eigenvalue weighted by Gasteiger charge is -2.31. The summed E-state index contributed by atoms with van der Waals surface area (Å²) in [6.45, 7) is 4.27. The number of nitrogens with one attached hydrogen (secondary N) is 1. The van der Waals surface area contributed by atoms with Crippen molar-refractivity contribution in [1.82, 2.24) is 15.1 Å². The molecule has 26 heavy (non-hydrogen) atoms. The first kappa shape index (κ1) is 20.3. The molecule has 2 atom stereocenters. The van der Waals surface area contributed by atoms with Crippen molar-refractivity contribution in [1.29, 1.82) is 5.26 Å². The van der Waals surface area contributed by atoms with E-state index in [2.05, 4.69) is 16.5 Å². The van der Waals surface area contributed by atoms with Gasteiger partial charge >= 0.3 is 6.18 Å². The third-order valence-corrected chi connectivity index (χ3v) is 5.07. The molecule has 1 aromatic heterocycles. The number of rotatable bonds is 6. The summed E-state index contributed by atoms with van der Waals surface area (Å²) in [4.78, 5) is 12.2. The zero-order chi connectivity index (χ0) is 19.3. The van der Waals surface area contributed by atoms with E-state index in [1.165, 1.54) is 0 Å². The molecule has 1 fully saturated rings. The van der Waals surface area contributed by atoms with Crippen molar-refractivity contribution >= 4 is 5.91 Å². The molecule has 1 aliphatic carbocycles. The lowest BCUT2D eigenvalue weighted by atomic mass is 9.85. The Morgan fingerprint density at radius 1 is 1.38 bits per heavy atom. The summed E-state index contributed by atoms with van der Waals surface area (Å²) in [7, 11) is 0. The molecule has 8 heteroatoms. The highest BCUT2D eigenvalue weighted by atomic mass is 19.4. The molecule has 1 heterocycles. The number of halogens is 3. The highest BCUT2D eigenvalue weighted by molar-refractivity contribution is 5.76. The van der Waals surface area contributed by atoms with Crippen LogP contribution in [0.3, 0.4) is 0 Å². The van der Waals surface area contributed by atoms with Crippen molar-refractivity contribution < 1.29 is 18.0 Å². The zero-order valence-electron chi connectivity index (χ0n) is 15.2. The summed E-state index contributed by atoms with van der Waals surface area (Å²) in [5, 5.41) is 15.8. The predicted octanol–water partition coefficient (Wildman–Crippen LogP) is 3.58. The first-order valence-electron chi connectivity index (χ1n) is 8.98. The number of carbonyl (C=O) groups excluding carboxylic acids is 1. The van der Waals surface area contributed by atoms with Gasteiger partial charge in [-0.3, -0.25) is 9.48 Å². The summed E-state index contributed by atoms with van der Waals surface area (Å²) in [5.41, 5.74) is 2.72. The smallest absolute Gasteiger partial charge is 0.353 e. The second-order valence-electron chi connectivity index (χ2n) is 6.95. The largest absolute Gasteiger partial charge is 0.391 e. The summed E-state index contributed by atoms with van der Waals surface area (Å²) in [5.74, 6) is -1.54. The van der Waals surface area contributed by atoms with Gasteiger partial charge in [0.1, 0.15) is 0 Å². The number of aryl methyl sites for hydroxylation is 2. The molecule has 1 aliphatic rings. The fourth-order valence-corrected chi connectivity index (χ4v) is 3.63. The fraction of sp³-hybridized carbons (Fsp3) is 0.722. The third kappa shape index (κ3) is 5.23. The number of nitrogens with zero attached hydrogens (tertiary/aromatic N) is 3. The van der Waals surface area contributed by atoms with Crippen LogP contribution >= 0.6 is 0 Å². The average molecular weight is 370 g/mol. The predicted molar refractivity (Wildman–Crippen MR) is 90.2 cm³/mol. The SMILES string of the molecule is Cc1nn(CCC#N)c(C)c1CCC(=O)NC1CCCC(C(F)(F)F)C1. The van der Waals surface area contributed by atoms with Gasteiger partial charge in [-0.25, -0.2) is 0 Å². The number of carbonyl (C=O) groups is 1. The minimum atomic E-state index is -4.18. The Labute approximate surface area is 151 Å². The van der Waals surface area contributed by atoms with Gasteiger partial charge in [0, 0.05) is 18.2 Å². The van der Waals surface area contributed by atoms with Crippen LogP contribution in [0.5, 0.6) is 0 Å². The molecule has 0 spiro atoms. The molecule has 2 rings (SSSR count). The van der Waals surface area contributed by atoms with Gasteiger partial charge in [0.2, 0.25) is 5.91 Å². The molecule has 0 aromatic carbocycles. The van der Waals surface area contributed by atoms with Gasteiger partial charge < -0.3 is 5.32 Å². The zero-order valence-corrected chi connectivity index (χ0v) is 15.2. The van der Waals surface area contributed by atoms with Gasteiger partial charge in [0.05, 0.1) is 30.6 Å². The molecule has 1 aromatic rings. The quantitative estimate of drug-likeness (QED) is 0.832. The van der Waals surface area contributed by atoms with E-state index >= 15 is 0 Å². The Kier molecular flexibility index (Phi) is 6.68. The summed E-state index contributed by atoms with van der Waals surface area (Å²) in [6, 6.07) is 1.68. The molecule has 5 nitrogen and oxygen atoms in total. The standard InChI is InChI=1S/C18H25F3N4O/c1-12-16(13(2)25(24-12)10-4-9-22)7-8-17(26)23-15-6-3-5-14(11-15)18(19,20)21/h14-15H,3-8,10-11H2,1-2H3,(H,23,26). The molecule has 2 unspecified atom stereocenters. The van der Waals surface area contributed by atoms with Crippen LogP contribution in [0, 0.1) is 31.1 Å². The van der Waals surface area contributed by atoms with Gasteiger partial charge in [0.25, 0.3) is 0 Å². The van der Waals surface area contributed by atoms with Crippen molar-refractivity contribution in [2.24, 2.45) is 5.92 Å². The Hall–Kier alpha value is -2.04. The van der Waals surface area contributed by atoms with Crippen LogP contribution in [0.2, 0.25) is 0 Å². The van der Waals surface area contributed by atoms with Crippen LogP contribution in [0.1, 0.15) is 55.5 Å². The summed E-state index contributed by atoms with van der Waals surface area (Å²) >= 11 is 0. The van der Waals surface area contributed by atoms with Gasteiger partial charge in [-0.15, -0.1) is 0 Å². The lowest BCUT2D eigenvalue weighted by molar-refractivity contribution is -0.184. The molecule has 1 amide bonds. The number of amides is 1. The molecule has 0 radical (unpaired) electrons. The number of alkyl halides is 3. The van der Waals surface area contributed by atoms with Crippen molar-refractivity contribution in [3.8, 4) is 6.07 Å². The molecule has 1 saturated carbocycles. The van der Waals surface area contributed by atoms with E-state index in [1.54, 1.807) is 4.68 Å². The van der Waals surface area contributed by atoms with E-state index in [-0.39, 0.29) is 25.2 Å². The first-order valence-corrected chi connectivity index (χ1v) is 8.98. The highest BCUT2D eigenvalue weighted by Gasteiger charge is 2.42. The van der Waals surface area contributed by atoms with Crippen LogP contribution in [-0.4, -0.2) is 27.9 Å². The molecular weight excluding hydrogens is 345 g/mol. The second-order valence-corrected chi connectivity index (χ2v) is 6.95. The maximum absolute atomic E-state index is 12.9. The van der Waals surface area contributed by atoms with Crippen LogP contribution < -0.4 is 5.32 Å². The second kappa shape index (κ2) is 8.56. The molecule has 0 aliphatic heterocycles. The normalized spacial score (nSPS) is 20.6. The van der Waals surface area contributed by atoms with E-state index in [0.717, 1.165) is 17.0 Å². The Morgan fingerprint density at radius 3 is 2.77 bits per heavy atom. The minimum absolute atomic E-state index is 0.0284. The molecule has 144 valence electrons. The number of hydrogen-bond donors (Lipinski definition) is 1. The third-order valence-electron chi connectivity index (χ3n) is 5.07. The fourth-order valence-electron chi connectivity index (χ4n) is 3.63. The van der Waals surface area contributed by atoms with Crippen molar-refractivity contribution in [3.05, 3.63) is 17.0 Å². The average Bonchev–Trinajstić information content (AvgIpc) is 2.84. The molecular formula is C18H25F3N4O. The highest BCUT2D eigenvalue weighted by Crippen LogP contribution is 2.37. The topological polar surface area (TPSA) is 70.7 Å². The maximum atomic E-state index is 12.9. The van der Waals surface area contributed by atoms with Crippen molar-refractivity contribution in [3.63, 3.8) is 0 Å². The Morgan fingerprint density at radius 2 is 2.12 bits per heavy atom. The van der Waals surface area contributed by atoms with E-state index in [1.807, 2.05) is 13.8 Å². The van der Waals surface area contributed by atoms with Crippen LogP contribution in [-0.2, 0) is 17.8 Å². The molecule has 1 N–H and O–H groups in total. The van der Waals surface area contributed by atoms with E-state index in [9.17, 15) is 18.0 Å². The Bertz CT molecular complexity index is 675. The van der Waals surface area contributed by atoms with Crippen molar-refractivity contribution in [2.45, 2.75) is 77.6 Å². The van der Waals surface area contributed by atoms with Crippen LogP contribution in [0.25, 0.3) is 0 Å². The van der Waals surface area contributed by atoms with Crippen molar-refractivity contribution in [2.75, 3.05) is 0 Å². The Balaban J connectivity index is 1.87. The van der Waals surface area contributed by atoms with Gasteiger partial charge in [-0.05, 0) is 45.1 Å². The van der Waals surface area contributed by atoms with Gasteiger partial charge in [0.15, 0.2) is 0 Å². The monoisotopic (exact) mass is 370 g/mol. The first-order chi connectivity index (χ1) is 12.2. The van der Waals surface area contributed by atoms with Crippen LogP contribution in [0.15, 0.2) is 0 Å². The van der Waals surface area contributed by atoms with Gasteiger partial charge in [-0.1, -0.05) is 6.42 Å². The summed E-state index contributed by atoms with van der Waals surface area (Å²) in [6.07, 6.45) is -1.90. The lowest BCUT2D eigenvalue weighted by Crippen LogP contribution is -2.41. The van der Waals surface area contributed by atoms with E-state index < -0.39 is 18.1 Å². The molecule has 0 saturated heterocycles. The van der Waals surface area contributed by atoms with Gasteiger partial charge in [-0.2, -0.15) is 23.5 Å².